The molecule has 1 atom stereocenters. The predicted octanol–water partition coefficient (Wildman–Crippen LogP) is 4.78. The number of hydrogen-bond donors (Lipinski definition) is 0. The Morgan fingerprint density at radius 2 is 1.96 bits per heavy atom. The molecular weight excluding hydrogens is 371 g/mol. The number of benzene rings is 1. The molecule has 1 aromatic heterocycles. The van der Waals surface area contributed by atoms with Crippen LogP contribution < -0.4 is 0 Å². The van der Waals surface area contributed by atoms with Gasteiger partial charge in [0.2, 0.25) is 0 Å². The first-order valence-corrected chi connectivity index (χ1v) is 11.5. The van der Waals surface area contributed by atoms with E-state index in [1.807, 2.05) is 12.1 Å². The topological polar surface area (TPSA) is 15.7 Å². The van der Waals surface area contributed by atoms with E-state index >= 15 is 0 Å². The fraction of sp³-hybridized carbons (Fsp3) is 0.565. The molecule has 0 bridgehead atoms. The second-order valence-electron chi connectivity index (χ2n) is 8.27. The predicted molar refractivity (Wildman–Crippen MR) is 113 cm³/mol. The van der Waals surface area contributed by atoms with Crippen LogP contribution in [0.15, 0.2) is 41.1 Å². The first-order chi connectivity index (χ1) is 13.8. The fourth-order valence-corrected chi connectivity index (χ4v) is 5.14. The van der Waals surface area contributed by atoms with E-state index in [4.69, 9.17) is 4.74 Å². The zero-order chi connectivity index (χ0) is 19.2. The highest BCUT2D eigenvalue weighted by Crippen LogP contribution is 2.23. The van der Waals surface area contributed by atoms with Crippen molar-refractivity contribution in [2.45, 2.75) is 44.9 Å². The number of halogens is 1. The van der Waals surface area contributed by atoms with Crippen molar-refractivity contribution in [3.63, 3.8) is 0 Å². The van der Waals surface area contributed by atoms with Crippen molar-refractivity contribution >= 4 is 11.3 Å². The molecular formula is C23H31FN2OS. The van der Waals surface area contributed by atoms with Crippen molar-refractivity contribution in [1.29, 1.82) is 0 Å². The quantitative estimate of drug-likeness (QED) is 0.632. The summed E-state index contributed by atoms with van der Waals surface area (Å²) in [5.41, 5.74) is 2.23. The lowest BCUT2D eigenvalue weighted by Crippen LogP contribution is -2.40. The maximum absolute atomic E-state index is 13.9. The SMILES string of the molecule is Fc1ccccc1CN1CCC(CN(Cc2ccsc2)C[C@H]2CCCO2)CC1. The highest BCUT2D eigenvalue weighted by molar-refractivity contribution is 7.07. The molecule has 0 aliphatic carbocycles. The van der Waals surface area contributed by atoms with Gasteiger partial charge in [-0.3, -0.25) is 9.80 Å². The molecule has 28 heavy (non-hydrogen) atoms. The molecule has 4 rings (SSSR count). The van der Waals surface area contributed by atoms with Crippen LogP contribution in [0.1, 0.15) is 36.8 Å². The van der Waals surface area contributed by atoms with E-state index in [0.29, 0.717) is 6.10 Å². The van der Waals surface area contributed by atoms with E-state index in [-0.39, 0.29) is 5.82 Å². The van der Waals surface area contributed by atoms with Gasteiger partial charge in [0.25, 0.3) is 0 Å². The minimum atomic E-state index is -0.0804. The van der Waals surface area contributed by atoms with Crippen LogP contribution in [0.4, 0.5) is 4.39 Å². The first kappa shape index (κ1) is 20.0. The fourth-order valence-electron chi connectivity index (χ4n) is 4.48. The minimum absolute atomic E-state index is 0.0804. The Bertz CT molecular complexity index is 709. The lowest BCUT2D eigenvalue weighted by atomic mass is 9.95. The van der Waals surface area contributed by atoms with Crippen molar-refractivity contribution in [3.05, 3.63) is 58.0 Å². The van der Waals surface area contributed by atoms with Gasteiger partial charge in [0.05, 0.1) is 6.10 Å². The van der Waals surface area contributed by atoms with Crippen molar-refractivity contribution in [3.8, 4) is 0 Å². The van der Waals surface area contributed by atoms with Gasteiger partial charge in [0, 0.05) is 38.3 Å². The molecule has 1 aromatic carbocycles. The summed E-state index contributed by atoms with van der Waals surface area (Å²) in [7, 11) is 0. The first-order valence-electron chi connectivity index (χ1n) is 10.6. The van der Waals surface area contributed by atoms with Gasteiger partial charge in [-0.25, -0.2) is 4.39 Å². The highest BCUT2D eigenvalue weighted by Gasteiger charge is 2.25. The van der Waals surface area contributed by atoms with Crippen LogP contribution in [0.2, 0.25) is 0 Å². The maximum atomic E-state index is 13.9. The molecule has 2 aliphatic heterocycles. The van der Waals surface area contributed by atoms with Gasteiger partial charge in [-0.2, -0.15) is 11.3 Å². The Morgan fingerprint density at radius 3 is 2.68 bits per heavy atom. The van der Waals surface area contributed by atoms with Crippen molar-refractivity contribution in [1.82, 2.24) is 9.80 Å². The molecule has 0 amide bonds. The molecule has 152 valence electrons. The Kier molecular flexibility index (Phi) is 7.13. The van der Waals surface area contributed by atoms with Gasteiger partial charge in [0.1, 0.15) is 5.82 Å². The standard InChI is InChI=1S/C23H31FN2OS/c24-23-6-2-1-4-21(23)16-25-10-7-19(8-11-25)14-26(15-20-9-13-28-18-20)17-22-5-3-12-27-22/h1-2,4,6,9,13,18-19,22H,3,5,7-8,10-12,14-17H2/t22-/m1/s1. The molecule has 0 saturated carbocycles. The highest BCUT2D eigenvalue weighted by atomic mass is 32.1. The summed E-state index contributed by atoms with van der Waals surface area (Å²) < 4.78 is 19.8. The van der Waals surface area contributed by atoms with Gasteiger partial charge < -0.3 is 4.74 Å². The van der Waals surface area contributed by atoms with Crippen LogP contribution in [-0.4, -0.2) is 48.7 Å². The van der Waals surface area contributed by atoms with Crippen molar-refractivity contribution in [2.24, 2.45) is 5.92 Å². The monoisotopic (exact) mass is 402 g/mol. The number of rotatable bonds is 8. The molecule has 5 heteroatoms. The largest absolute Gasteiger partial charge is 0.377 e. The Hall–Kier alpha value is -1.27. The number of thiophene rings is 1. The van der Waals surface area contributed by atoms with Crippen LogP contribution in [-0.2, 0) is 17.8 Å². The normalized spacial score (nSPS) is 21.6. The summed E-state index contributed by atoms with van der Waals surface area (Å²) in [6.07, 6.45) is 5.19. The third kappa shape index (κ3) is 5.63. The summed E-state index contributed by atoms with van der Waals surface area (Å²) in [6.45, 7) is 6.99. The van der Waals surface area contributed by atoms with Gasteiger partial charge in [-0.05, 0) is 73.1 Å². The number of nitrogens with zero attached hydrogens (tertiary/aromatic N) is 2. The third-order valence-electron chi connectivity index (χ3n) is 6.05. The van der Waals surface area contributed by atoms with E-state index in [0.717, 1.165) is 57.4 Å². The number of piperidine rings is 1. The van der Waals surface area contributed by atoms with Gasteiger partial charge in [-0.15, -0.1) is 0 Å². The molecule has 0 unspecified atom stereocenters. The number of likely N-dealkylation sites (tertiary alicyclic amines) is 1. The summed E-state index contributed by atoms with van der Waals surface area (Å²) >= 11 is 1.78. The summed E-state index contributed by atoms with van der Waals surface area (Å²) in [5.74, 6) is 0.639. The molecule has 0 N–H and O–H groups in total. The molecule has 2 saturated heterocycles. The molecule has 2 aromatic rings. The number of hydrogen-bond acceptors (Lipinski definition) is 4. The lowest BCUT2D eigenvalue weighted by molar-refractivity contribution is 0.0570. The maximum Gasteiger partial charge on any atom is 0.127 e. The van der Waals surface area contributed by atoms with Gasteiger partial charge in [0.15, 0.2) is 0 Å². The summed E-state index contributed by atoms with van der Waals surface area (Å²) in [4.78, 5) is 5.01. The molecule has 2 aliphatic rings. The van der Waals surface area contributed by atoms with E-state index in [2.05, 4.69) is 26.6 Å². The van der Waals surface area contributed by atoms with Crippen molar-refractivity contribution < 1.29 is 9.13 Å². The average molecular weight is 403 g/mol. The lowest BCUT2D eigenvalue weighted by Gasteiger charge is -2.35. The second-order valence-corrected chi connectivity index (χ2v) is 9.05. The van der Waals surface area contributed by atoms with Crippen LogP contribution >= 0.6 is 11.3 Å². The van der Waals surface area contributed by atoms with Gasteiger partial charge >= 0.3 is 0 Å². The van der Waals surface area contributed by atoms with E-state index in [1.165, 1.54) is 31.2 Å². The minimum Gasteiger partial charge on any atom is -0.377 e. The third-order valence-corrected chi connectivity index (χ3v) is 6.78. The summed E-state index contributed by atoms with van der Waals surface area (Å²) in [5, 5.41) is 4.43. The van der Waals surface area contributed by atoms with Crippen LogP contribution in [0.5, 0.6) is 0 Å². The average Bonchev–Trinajstić information content (AvgIpc) is 3.39. The molecule has 3 nitrogen and oxygen atoms in total. The van der Waals surface area contributed by atoms with Gasteiger partial charge in [-0.1, -0.05) is 18.2 Å². The zero-order valence-corrected chi connectivity index (χ0v) is 17.4. The summed E-state index contributed by atoms with van der Waals surface area (Å²) in [6, 6.07) is 9.41. The second kappa shape index (κ2) is 9.97. The molecule has 0 spiro atoms. The molecule has 2 fully saturated rings. The number of ether oxygens (including phenoxy) is 1. The Labute approximate surface area is 172 Å². The molecule has 3 heterocycles. The van der Waals surface area contributed by atoms with Crippen LogP contribution in [0.3, 0.4) is 0 Å². The molecule has 0 radical (unpaired) electrons. The Balaban J connectivity index is 1.28. The smallest absolute Gasteiger partial charge is 0.127 e. The van der Waals surface area contributed by atoms with E-state index < -0.39 is 0 Å². The van der Waals surface area contributed by atoms with E-state index in [1.54, 1.807) is 23.5 Å². The van der Waals surface area contributed by atoms with Crippen LogP contribution in [0, 0.1) is 11.7 Å². The van der Waals surface area contributed by atoms with E-state index in [9.17, 15) is 4.39 Å². The van der Waals surface area contributed by atoms with Crippen molar-refractivity contribution in [2.75, 3.05) is 32.8 Å². The Morgan fingerprint density at radius 1 is 1.11 bits per heavy atom. The zero-order valence-electron chi connectivity index (χ0n) is 16.6. The van der Waals surface area contributed by atoms with Crippen LogP contribution in [0.25, 0.3) is 0 Å².